The summed E-state index contributed by atoms with van der Waals surface area (Å²) in [5, 5.41) is 4.86. The Labute approximate surface area is 393 Å². The van der Waals surface area contributed by atoms with E-state index in [9.17, 15) is 0 Å². The monoisotopic (exact) mass is 867 g/mol. The Morgan fingerprint density at radius 3 is 1.26 bits per heavy atom. The molecule has 1 N–H and O–H groups in total. The maximum Gasteiger partial charge on any atom is 0.164 e. The second kappa shape index (κ2) is 16.4. The van der Waals surface area contributed by atoms with Crippen molar-refractivity contribution in [2.75, 3.05) is 0 Å². The summed E-state index contributed by atoms with van der Waals surface area (Å²) in [4.78, 5) is 19.8. The Balaban J connectivity index is 1.11. The number of rotatable bonds is 8. The second-order valence-corrected chi connectivity index (χ2v) is 17.3. The number of aromatic nitrogens is 5. The number of fused-ring (bicyclic) bond motifs is 7. The molecule has 0 aliphatic carbocycles. The van der Waals surface area contributed by atoms with E-state index in [-0.39, 0.29) is 0 Å². The molecule has 10 aromatic carbocycles. The number of para-hydroxylation sites is 2. The highest BCUT2D eigenvalue weighted by Crippen LogP contribution is 2.46. The number of aromatic amines is 1. The van der Waals surface area contributed by atoms with Crippen LogP contribution in [0.25, 0.3) is 128 Å². The van der Waals surface area contributed by atoms with Gasteiger partial charge in [0.05, 0.1) is 16.7 Å². The highest BCUT2D eigenvalue weighted by atomic mass is 15.0. The van der Waals surface area contributed by atoms with Gasteiger partial charge in [0.15, 0.2) is 17.5 Å². The molecule has 0 radical (unpaired) electrons. The predicted molar refractivity (Wildman–Crippen MR) is 282 cm³/mol. The lowest BCUT2D eigenvalue weighted by molar-refractivity contribution is 1.07. The molecule has 3 heterocycles. The number of H-pyrrole nitrogens is 1. The minimum atomic E-state index is 0.587. The van der Waals surface area contributed by atoms with E-state index in [1.54, 1.807) is 0 Å². The minimum Gasteiger partial charge on any atom is -0.354 e. The first-order chi connectivity index (χ1) is 33.7. The highest BCUT2D eigenvalue weighted by Gasteiger charge is 2.25. The predicted octanol–water partition coefficient (Wildman–Crippen LogP) is 16.3. The zero-order chi connectivity index (χ0) is 45.0. The van der Waals surface area contributed by atoms with Crippen molar-refractivity contribution in [3.05, 3.63) is 243 Å². The fraction of sp³-hybridized carbons (Fsp3) is 0. The average Bonchev–Trinajstić information content (AvgIpc) is 3.97. The first-order valence-electron chi connectivity index (χ1n) is 23.0. The molecule has 0 unspecified atom stereocenters. The summed E-state index contributed by atoms with van der Waals surface area (Å²) in [5.74, 6) is 1.79. The van der Waals surface area contributed by atoms with Crippen molar-refractivity contribution in [3.63, 3.8) is 0 Å². The van der Waals surface area contributed by atoms with Gasteiger partial charge in [-0.1, -0.05) is 188 Å². The van der Waals surface area contributed by atoms with Crippen LogP contribution < -0.4 is 0 Å². The highest BCUT2D eigenvalue weighted by molar-refractivity contribution is 6.28. The van der Waals surface area contributed by atoms with Gasteiger partial charge < -0.3 is 9.55 Å². The van der Waals surface area contributed by atoms with Crippen LogP contribution in [0.1, 0.15) is 0 Å². The van der Waals surface area contributed by atoms with E-state index < -0.39 is 0 Å². The topological polar surface area (TPSA) is 59.4 Å². The van der Waals surface area contributed by atoms with Gasteiger partial charge in [-0.05, 0) is 88.0 Å². The van der Waals surface area contributed by atoms with E-state index in [4.69, 9.17) is 15.0 Å². The van der Waals surface area contributed by atoms with E-state index in [1.807, 2.05) is 18.2 Å². The van der Waals surface area contributed by atoms with Crippen LogP contribution in [-0.4, -0.2) is 24.5 Å². The lowest BCUT2D eigenvalue weighted by Crippen LogP contribution is -2.04. The van der Waals surface area contributed by atoms with Crippen LogP contribution >= 0.6 is 0 Å². The summed E-state index contributed by atoms with van der Waals surface area (Å²) in [7, 11) is 0. The number of hydrogen-bond acceptors (Lipinski definition) is 3. The summed E-state index contributed by atoms with van der Waals surface area (Å²) in [6.07, 6.45) is 0. The first kappa shape index (κ1) is 39.2. The molecule has 0 bridgehead atoms. The van der Waals surface area contributed by atoms with Crippen molar-refractivity contribution >= 4 is 43.6 Å². The fourth-order valence-electron chi connectivity index (χ4n) is 10.0. The molecule has 68 heavy (non-hydrogen) atoms. The van der Waals surface area contributed by atoms with Gasteiger partial charge in [0, 0.05) is 60.4 Å². The Hall–Kier alpha value is -9.19. The van der Waals surface area contributed by atoms with Crippen molar-refractivity contribution in [3.8, 4) is 84.4 Å². The van der Waals surface area contributed by atoms with Gasteiger partial charge in [-0.25, -0.2) is 15.0 Å². The van der Waals surface area contributed by atoms with Crippen LogP contribution in [0.15, 0.2) is 243 Å². The third kappa shape index (κ3) is 6.76. The number of hydrogen-bond donors (Lipinski definition) is 1. The molecule has 13 rings (SSSR count). The zero-order valence-corrected chi connectivity index (χ0v) is 36.9. The van der Waals surface area contributed by atoms with Gasteiger partial charge in [0.2, 0.25) is 0 Å². The molecule has 0 fully saturated rings. The summed E-state index contributed by atoms with van der Waals surface area (Å²) < 4.78 is 2.48. The number of benzene rings is 10. The van der Waals surface area contributed by atoms with Crippen molar-refractivity contribution in [2.45, 2.75) is 0 Å². The van der Waals surface area contributed by atoms with Gasteiger partial charge in [-0.2, -0.15) is 0 Å². The molecule has 0 aliphatic heterocycles. The molecule has 0 aliphatic rings. The van der Waals surface area contributed by atoms with Gasteiger partial charge >= 0.3 is 0 Å². The quantitative estimate of drug-likeness (QED) is 0.165. The van der Waals surface area contributed by atoms with E-state index in [0.29, 0.717) is 17.5 Å². The summed E-state index contributed by atoms with van der Waals surface area (Å²) in [6, 6.07) is 85.9. The van der Waals surface area contributed by atoms with Gasteiger partial charge in [0.25, 0.3) is 0 Å². The molecular formula is C63H41N5. The Kier molecular flexibility index (Phi) is 9.43. The molecule has 3 aromatic heterocycles. The molecule has 0 saturated carbocycles. The van der Waals surface area contributed by atoms with Crippen LogP contribution in [0.2, 0.25) is 0 Å². The van der Waals surface area contributed by atoms with Crippen molar-refractivity contribution in [2.24, 2.45) is 0 Å². The summed E-state index contributed by atoms with van der Waals surface area (Å²) >= 11 is 0. The molecular weight excluding hydrogens is 827 g/mol. The largest absolute Gasteiger partial charge is 0.354 e. The smallest absolute Gasteiger partial charge is 0.164 e. The molecule has 318 valence electrons. The normalized spacial score (nSPS) is 11.5. The third-order valence-corrected chi connectivity index (χ3v) is 13.1. The molecule has 5 heteroatoms. The minimum absolute atomic E-state index is 0.587. The summed E-state index contributed by atoms with van der Waals surface area (Å²) in [5.41, 5.74) is 17.0. The molecule has 0 spiro atoms. The van der Waals surface area contributed by atoms with Crippen molar-refractivity contribution in [1.82, 2.24) is 24.5 Å². The van der Waals surface area contributed by atoms with Crippen molar-refractivity contribution in [1.29, 1.82) is 0 Å². The van der Waals surface area contributed by atoms with Crippen LogP contribution in [-0.2, 0) is 0 Å². The Bertz CT molecular complexity index is 3870. The van der Waals surface area contributed by atoms with Crippen LogP contribution in [0, 0.1) is 0 Å². The maximum atomic E-state index is 5.46. The van der Waals surface area contributed by atoms with Crippen LogP contribution in [0.5, 0.6) is 0 Å². The fourth-order valence-corrected chi connectivity index (χ4v) is 10.0. The molecule has 0 saturated heterocycles. The van der Waals surface area contributed by atoms with Crippen LogP contribution in [0.4, 0.5) is 0 Å². The molecule has 13 aromatic rings. The standard InChI is InChI=1S/C63H41N5/c1-6-20-41(21-7-1)46-36-47(42-22-8-2-9-23-42)38-48(37-46)62-65-61(45-28-14-5-15-29-45)66-63(67-62)49-39-52(43-24-10-3-11-25-43)60(53(40-49)44-26-12-4-13-27-44)68-56-33-19-17-31-51(56)59-57(68)35-34-55-58(59)50-30-16-18-32-54(50)64-55/h1-40,64H. The molecule has 0 atom stereocenters. The molecule has 5 nitrogen and oxygen atoms in total. The lowest BCUT2D eigenvalue weighted by atomic mass is 9.92. The average molecular weight is 868 g/mol. The maximum absolute atomic E-state index is 5.46. The number of nitrogens with one attached hydrogen (secondary N) is 1. The summed E-state index contributed by atoms with van der Waals surface area (Å²) in [6.45, 7) is 0. The zero-order valence-electron chi connectivity index (χ0n) is 36.9. The van der Waals surface area contributed by atoms with E-state index in [1.165, 1.54) is 21.5 Å². The number of nitrogens with zero attached hydrogens (tertiary/aromatic N) is 4. The van der Waals surface area contributed by atoms with Gasteiger partial charge in [-0.15, -0.1) is 0 Å². The van der Waals surface area contributed by atoms with Crippen molar-refractivity contribution < 1.29 is 0 Å². The Morgan fingerprint density at radius 1 is 0.279 bits per heavy atom. The van der Waals surface area contributed by atoms with E-state index in [2.05, 4.69) is 234 Å². The second-order valence-electron chi connectivity index (χ2n) is 17.3. The SMILES string of the molecule is c1ccc(-c2cc(-c3ccccc3)cc(-c3nc(-c4ccccc4)nc(-c4cc(-c5ccccc5)c(-n5c6ccccc6c6c7c(ccc65)[nH]c5ccccc57)c(-c5ccccc5)c4)n3)c2)cc1. The molecule has 0 amide bonds. The van der Waals surface area contributed by atoms with E-state index >= 15 is 0 Å². The first-order valence-corrected chi connectivity index (χ1v) is 23.0. The van der Waals surface area contributed by atoms with E-state index in [0.717, 1.165) is 89.0 Å². The van der Waals surface area contributed by atoms with Crippen LogP contribution in [0.3, 0.4) is 0 Å². The third-order valence-electron chi connectivity index (χ3n) is 13.1. The van der Waals surface area contributed by atoms with Gasteiger partial charge in [0.1, 0.15) is 0 Å². The van der Waals surface area contributed by atoms with Gasteiger partial charge in [-0.3, -0.25) is 0 Å². The Morgan fingerprint density at radius 2 is 0.706 bits per heavy atom. The lowest BCUT2D eigenvalue weighted by Gasteiger charge is -2.21.